The van der Waals surface area contributed by atoms with Crippen LogP contribution in [0.5, 0.6) is 0 Å². The van der Waals surface area contributed by atoms with Crippen LogP contribution >= 0.6 is 22.9 Å². The number of amides is 1. The molecule has 2 aromatic heterocycles. The number of aromatic nitrogens is 2. The van der Waals surface area contributed by atoms with E-state index in [-0.39, 0.29) is 21.1 Å². The topological polar surface area (TPSA) is 90.3 Å². The number of benzene rings is 1. The number of fused-ring (bicyclic) bond motifs is 2. The molecule has 150 valence electrons. The molecule has 1 aliphatic heterocycles. The first-order valence-corrected chi connectivity index (χ1v) is 9.99. The predicted octanol–water partition coefficient (Wildman–Crippen LogP) is 3.30. The minimum atomic E-state index is -0.713. The Kier molecular flexibility index (Phi) is 5.10. The molecule has 0 saturated heterocycles. The molecule has 0 radical (unpaired) electrons. The number of esters is 1. The van der Waals surface area contributed by atoms with Crippen LogP contribution in [0.3, 0.4) is 0 Å². The van der Waals surface area contributed by atoms with Crippen molar-refractivity contribution in [3.05, 3.63) is 55.7 Å². The lowest BCUT2D eigenvalue weighted by molar-refractivity contribution is -0.119. The highest BCUT2D eigenvalue weighted by atomic mass is 35.5. The zero-order valence-electron chi connectivity index (χ0n) is 15.3. The number of carbonyl (C=O) groups is 2. The summed E-state index contributed by atoms with van der Waals surface area (Å²) in [6.07, 6.45) is 1.61. The third kappa shape index (κ3) is 3.63. The average molecular weight is 436 g/mol. The minimum Gasteiger partial charge on any atom is -0.451 e. The van der Waals surface area contributed by atoms with Crippen LogP contribution in [-0.2, 0) is 22.5 Å². The molecule has 7 nitrogen and oxygen atoms in total. The maximum Gasteiger partial charge on any atom is 0.349 e. The summed E-state index contributed by atoms with van der Waals surface area (Å²) >= 11 is 6.93. The van der Waals surface area contributed by atoms with Crippen LogP contribution in [0, 0.1) is 12.7 Å². The van der Waals surface area contributed by atoms with E-state index in [0.717, 1.165) is 42.1 Å². The van der Waals surface area contributed by atoms with E-state index in [4.69, 9.17) is 16.3 Å². The summed E-state index contributed by atoms with van der Waals surface area (Å²) in [4.78, 5) is 42.4. The van der Waals surface area contributed by atoms with Crippen LogP contribution in [0.2, 0.25) is 5.02 Å². The summed E-state index contributed by atoms with van der Waals surface area (Å²) in [5, 5.41) is 2.89. The van der Waals surface area contributed by atoms with Gasteiger partial charge in [-0.05, 0) is 37.1 Å². The number of ether oxygens (including phenoxy) is 1. The highest BCUT2D eigenvalue weighted by Crippen LogP contribution is 2.29. The Morgan fingerprint density at radius 1 is 1.41 bits per heavy atom. The first-order chi connectivity index (χ1) is 13.8. The van der Waals surface area contributed by atoms with Crippen molar-refractivity contribution in [1.82, 2.24) is 9.55 Å². The summed E-state index contributed by atoms with van der Waals surface area (Å²) < 4.78 is 19.8. The van der Waals surface area contributed by atoms with Crippen molar-refractivity contribution in [3.63, 3.8) is 0 Å². The zero-order valence-corrected chi connectivity index (χ0v) is 16.8. The van der Waals surface area contributed by atoms with Crippen LogP contribution in [0.25, 0.3) is 10.2 Å². The number of thiophene rings is 1. The molecule has 0 saturated carbocycles. The number of halogens is 2. The van der Waals surface area contributed by atoms with E-state index in [1.165, 1.54) is 6.07 Å². The van der Waals surface area contributed by atoms with E-state index in [1.807, 2.05) is 0 Å². The van der Waals surface area contributed by atoms with Crippen LogP contribution in [0.4, 0.5) is 10.1 Å². The maximum absolute atomic E-state index is 13.1. The number of hydrogen-bond acceptors (Lipinski definition) is 6. The number of anilines is 1. The van der Waals surface area contributed by atoms with Gasteiger partial charge in [-0.2, -0.15) is 0 Å². The lowest BCUT2D eigenvalue weighted by Gasteiger charge is -2.08. The fourth-order valence-electron chi connectivity index (χ4n) is 3.24. The average Bonchev–Trinajstić information content (AvgIpc) is 3.27. The molecule has 3 heterocycles. The van der Waals surface area contributed by atoms with Crippen LogP contribution in [0.1, 0.15) is 27.5 Å². The lowest BCUT2D eigenvalue weighted by Crippen LogP contribution is -2.21. The van der Waals surface area contributed by atoms with Gasteiger partial charge in [0.15, 0.2) is 6.61 Å². The highest BCUT2D eigenvalue weighted by Gasteiger charge is 2.24. The fraction of sp³-hybridized carbons (Fsp3) is 0.263. The van der Waals surface area contributed by atoms with Crippen LogP contribution in [0.15, 0.2) is 23.0 Å². The molecule has 10 heteroatoms. The molecular weight excluding hydrogens is 421 g/mol. The third-order valence-corrected chi connectivity index (χ3v) is 6.11. The summed E-state index contributed by atoms with van der Waals surface area (Å²) in [5.74, 6) is -1.15. The Morgan fingerprint density at radius 3 is 2.97 bits per heavy atom. The summed E-state index contributed by atoms with van der Waals surface area (Å²) in [7, 11) is 0. The van der Waals surface area contributed by atoms with Gasteiger partial charge in [0.2, 0.25) is 0 Å². The van der Waals surface area contributed by atoms with E-state index in [9.17, 15) is 18.8 Å². The standard InChI is InChI=1S/C19H15ClFN3O4S/c1-9-15-17(23-13-3-2-6-24(13)18(15)26)29-16(9)19(27)28-8-14(25)22-12-5-4-10(21)7-11(12)20/h4-5,7H,2-3,6,8H2,1H3,(H,22,25). The van der Waals surface area contributed by atoms with Crippen molar-refractivity contribution in [2.24, 2.45) is 0 Å². The number of hydrogen-bond donors (Lipinski definition) is 1. The molecule has 0 atom stereocenters. The molecule has 1 aromatic carbocycles. The van der Waals surface area contributed by atoms with Gasteiger partial charge in [0, 0.05) is 13.0 Å². The largest absolute Gasteiger partial charge is 0.451 e. The maximum atomic E-state index is 13.1. The van der Waals surface area contributed by atoms with Gasteiger partial charge in [-0.3, -0.25) is 14.2 Å². The molecular formula is C19H15ClFN3O4S. The molecule has 1 amide bonds. The van der Waals surface area contributed by atoms with Gasteiger partial charge < -0.3 is 10.1 Å². The Morgan fingerprint density at radius 2 is 2.21 bits per heavy atom. The number of aryl methyl sites for hydroxylation is 2. The van der Waals surface area contributed by atoms with E-state index < -0.39 is 24.3 Å². The molecule has 0 fully saturated rings. The lowest BCUT2D eigenvalue weighted by atomic mass is 10.2. The molecule has 0 spiro atoms. The normalized spacial score (nSPS) is 12.8. The quantitative estimate of drug-likeness (QED) is 0.635. The molecule has 4 rings (SSSR count). The Balaban J connectivity index is 1.49. The molecule has 3 aromatic rings. The first kappa shape index (κ1) is 19.5. The van der Waals surface area contributed by atoms with Gasteiger partial charge in [0.25, 0.3) is 11.5 Å². The van der Waals surface area contributed by atoms with Gasteiger partial charge in [-0.1, -0.05) is 11.6 Å². The molecule has 0 bridgehead atoms. The summed E-state index contributed by atoms with van der Waals surface area (Å²) in [6.45, 7) is 1.74. The Bertz CT molecular complexity index is 1220. The highest BCUT2D eigenvalue weighted by molar-refractivity contribution is 7.20. The SMILES string of the molecule is Cc1c(C(=O)OCC(=O)Nc2ccc(F)cc2Cl)sc2nc3n(c(=O)c12)CCC3. The summed E-state index contributed by atoms with van der Waals surface area (Å²) in [6, 6.07) is 3.52. The third-order valence-electron chi connectivity index (χ3n) is 4.64. The molecule has 0 unspecified atom stereocenters. The number of nitrogens with one attached hydrogen (secondary N) is 1. The van der Waals surface area contributed by atoms with Gasteiger partial charge in [0.05, 0.1) is 16.1 Å². The van der Waals surface area contributed by atoms with Crippen molar-refractivity contribution in [2.45, 2.75) is 26.3 Å². The van der Waals surface area contributed by atoms with E-state index in [1.54, 1.807) is 11.5 Å². The Hall–Kier alpha value is -2.78. The van der Waals surface area contributed by atoms with E-state index in [0.29, 0.717) is 22.3 Å². The second-order valence-corrected chi connectivity index (χ2v) is 7.98. The van der Waals surface area contributed by atoms with Crippen molar-refractivity contribution >= 4 is 50.7 Å². The van der Waals surface area contributed by atoms with Crippen LogP contribution < -0.4 is 10.9 Å². The zero-order chi connectivity index (χ0) is 20.7. The second-order valence-electron chi connectivity index (χ2n) is 6.57. The number of rotatable bonds is 4. The van der Waals surface area contributed by atoms with Gasteiger partial charge in [-0.25, -0.2) is 14.2 Å². The van der Waals surface area contributed by atoms with Crippen molar-refractivity contribution in [2.75, 3.05) is 11.9 Å². The van der Waals surface area contributed by atoms with Crippen LogP contribution in [-0.4, -0.2) is 28.0 Å². The number of nitrogens with zero attached hydrogens (tertiary/aromatic N) is 2. The number of carbonyl (C=O) groups excluding carboxylic acids is 2. The predicted molar refractivity (Wildman–Crippen MR) is 107 cm³/mol. The van der Waals surface area contributed by atoms with Gasteiger partial charge in [-0.15, -0.1) is 11.3 Å². The monoisotopic (exact) mass is 435 g/mol. The van der Waals surface area contributed by atoms with E-state index in [2.05, 4.69) is 10.3 Å². The van der Waals surface area contributed by atoms with Gasteiger partial charge in [0.1, 0.15) is 21.3 Å². The van der Waals surface area contributed by atoms with Crippen molar-refractivity contribution in [1.29, 1.82) is 0 Å². The molecule has 29 heavy (non-hydrogen) atoms. The smallest absolute Gasteiger partial charge is 0.349 e. The minimum absolute atomic E-state index is 0.0321. The van der Waals surface area contributed by atoms with Crippen molar-refractivity contribution < 1.29 is 18.7 Å². The molecule has 1 N–H and O–H groups in total. The first-order valence-electron chi connectivity index (χ1n) is 8.80. The fourth-order valence-corrected chi connectivity index (χ4v) is 4.54. The van der Waals surface area contributed by atoms with E-state index >= 15 is 0 Å². The second kappa shape index (κ2) is 7.57. The Labute approximate surface area is 173 Å². The molecule has 1 aliphatic rings. The van der Waals surface area contributed by atoms with Gasteiger partial charge >= 0.3 is 5.97 Å². The summed E-state index contributed by atoms with van der Waals surface area (Å²) in [5.41, 5.74) is 0.551. The molecule has 0 aliphatic carbocycles. The van der Waals surface area contributed by atoms with Crippen molar-refractivity contribution in [3.8, 4) is 0 Å².